The number of amides is 2. The topological polar surface area (TPSA) is 67.4 Å². The highest BCUT2D eigenvalue weighted by Gasteiger charge is 2.30. The van der Waals surface area contributed by atoms with Crippen molar-refractivity contribution in [1.82, 2.24) is 0 Å². The summed E-state index contributed by atoms with van der Waals surface area (Å²) in [5.41, 5.74) is 1.97. The number of hydrogen-bond acceptors (Lipinski definition) is 3. The lowest BCUT2D eigenvalue weighted by Gasteiger charge is -2.25. The molecule has 0 aliphatic carbocycles. The van der Waals surface area contributed by atoms with Gasteiger partial charge in [-0.05, 0) is 35.9 Å². The Bertz CT molecular complexity index is 1050. The van der Waals surface area contributed by atoms with Crippen LogP contribution in [0.5, 0.6) is 11.5 Å². The summed E-state index contributed by atoms with van der Waals surface area (Å²) in [4.78, 5) is 25.0. The molecule has 6 heteroatoms. The standard InChI is InChI=1S/C22H17ClN2O3/c23-16-8-2-5-11-19(16)28-20-12-6-4-10-18(20)25-22(27)15-13-21(26)24-17-9-3-1-7-14(15)17/h1-12,15H,13H2,(H,24,26)(H,25,27)/t15-/m0/s1. The molecule has 1 aliphatic heterocycles. The number of rotatable bonds is 4. The van der Waals surface area contributed by atoms with Gasteiger partial charge in [0.25, 0.3) is 0 Å². The maximum atomic E-state index is 13.0. The van der Waals surface area contributed by atoms with Crippen molar-refractivity contribution in [2.75, 3.05) is 10.6 Å². The SMILES string of the molecule is O=C1C[C@H](C(=O)Nc2ccccc2Oc2ccccc2Cl)c2ccccc2N1. The second-order valence-electron chi connectivity index (χ2n) is 6.41. The third-order valence-electron chi connectivity index (χ3n) is 4.52. The molecule has 3 aromatic carbocycles. The smallest absolute Gasteiger partial charge is 0.232 e. The number of ether oxygens (including phenoxy) is 1. The van der Waals surface area contributed by atoms with Crippen molar-refractivity contribution in [3.05, 3.63) is 83.4 Å². The van der Waals surface area contributed by atoms with Crippen LogP contribution in [0, 0.1) is 0 Å². The lowest BCUT2D eigenvalue weighted by atomic mass is 9.90. The van der Waals surface area contributed by atoms with Crippen molar-refractivity contribution in [3.8, 4) is 11.5 Å². The van der Waals surface area contributed by atoms with Gasteiger partial charge in [0.1, 0.15) is 5.75 Å². The Morgan fingerprint density at radius 2 is 1.64 bits per heavy atom. The zero-order valence-electron chi connectivity index (χ0n) is 14.8. The van der Waals surface area contributed by atoms with Crippen molar-refractivity contribution in [3.63, 3.8) is 0 Å². The molecule has 0 saturated carbocycles. The number of halogens is 1. The van der Waals surface area contributed by atoms with Crippen LogP contribution >= 0.6 is 11.6 Å². The van der Waals surface area contributed by atoms with E-state index < -0.39 is 5.92 Å². The van der Waals surface area contributed by atoms with Crippen LogP contribution in [0.1, 0.15) is 17.9 Å². The number of para-hydroxylation sites is 4. The molecule has 1 atom stereocenters. The molecule has 0 spiro atoms. The minimum Gasteiger partial charge on any atom is -0.454 e. The fourth-order valence-electron chi connectivity index (χ4n) is 3.17. The van der Waals surface area contributed by atoms with E-state index >= 15 is 0 Å². The van der Waals surface area contributed by atoms with E-state index in [1.54, 1.807) is 36.4 Å². The van der Waals surface area contributed by atoms with E-state index in [9.17, 15) is 9.59 Å². The van der Waals surface area contributed by atoms with Crippen molar-refractivity contribution in [1.29, 1.82) is 0 Å². The summed E-state index contributed by atoms with van der Waals surface area (Å²) in [6.07, 6.45) is 0.0936. The molecule has 1 heterocycles. The van der Waals surface area contributed by atoms with E-state index in [-0.39, 0.29) is 18.2 Å². The van der Waals surface area contributed by atoms with E-state index in [1.807, 2.05) is 36.4 Å². The molecule has 0 unspecified atom stereocenters. The zero-order chi connectivity index (χ0) is 19.5. The minimum absolute atomic E-state index is 0.0936. The number of carbonyl (C=O) groups is 2. The monoisotopic (exact) mass is 392 g/mol. The minimum atomic E-state index is -0.571. The highest BCUT2D eigenvalue weighted by molar-refractivity contribution is 6.32. The maximum Gasteiger partial charge on any atom is 0.232 e. The van der Waals surface area contributed by atoms with E-state index in [4.69, 9.17) is 16.3 Å². The molecular formula is C22H17ClN2O3. The third kappa shape index (κ3) is 3.70. The number of benzene rings is 3. The first-order valence-corrected chi connectivity index (χ1v) is 9.20. The van der Waals surface area contributed by atoms with Gasteiger partial charge >= 0.3 is 0 Å². The molecular weight excluding hydrogens is 376 g/mol. The lowest BCUT2D eigenvalue weighted by Crippen LogP contribution is -2.30. The molecule has 5 nitrogen and oxygen atoms in total. The van der Waals surface area contributed by atoms with E-state index in [1.165, 1.54) is 0 Å². The van der Waals surface area contributed by atoms with Gasteiger partial charge in [-0.2, -0.15) is 0 Å². The van der Waals surface area contributed by atoms with Crippen LogP contribution in [0.2, 0.25) is 5.02 Å². The number of anilines is 2. The average molecular weight is 393 g/mol. The van der Waals surface area contributed by atoms with Crippen LogP contribution in [0.15, 0.2) is 72.8 Å². The fourth-order valence-corrected chi connectivity index (χ4v) is 3.34. The zero-order valence-corrected chi connectivity index (χ0v) is 15.6. The summed E-state index contributed by atoms with van der Waals surface area (Å²) in [5.74, 6) is -0.0546. The predicted molar refractivity (Wildman–Crippen MR) is 109 cm³/mol. The molecule has 0 fully saturated rings. The van der Waals surface area contributed by atoms with E-state index in [0.29, 0.717) is 27.9 Å². The Morgan fingerprint density at radius 1 is 0.964 bits per heavy atom. The molecule has 2 amide bonds. The third-order valence-corrected chi connectivity index (χ3v) is 4.83. The quantitative estimate of drug-likeness (QED) is 0.641. The number of fused-ring (bicyclic) bond motifs is 1. The largest absolute Gasteiger partial charge is 0.454 e. The molecule has 0 aromatic heterocycles. The van der Waals surface area contributed by atoms with Crippen molar-refractivity contribution >= 4 is 34.8 Å². The molecule has 1 aliphatic rings. The summed E-state index contributed by atoms with van der Waals surface area (Å²) >= 11 is 6.17. The predicted octanol–water partition coefficient (Wildman–Crippen LogP) is 5.20. The van der Waals surface area contributed by atoms with E-state index in [0.717, 1.165) is 5.56 Å². The van der Waals surface area contributed by atoms with Gasteiger partial charge in [-0.1, -0.05) is 54.1 Å². The number of nitrogens with one attached hydrogen (secondary N) is 2. The summed E-state index contributed by atoms with van der Waals surface area (Å²) in [7, 11) is 0. The molecule has 140 valence electrons. The average Bonchev–Trinajstić information content (AvgIpc) is 2.70. The summed E-state index contributed by atoms with van der Waals surface area (Å²) in [6.45, 7) is 0. The van der Waals surface area contributed by atoms with Gasteiger partial charge in [0, 0.05) is 12.1 Å². The Labute approximate surface area is 167 Å². The van der Waals surface area contributed by atoms with Crippen LogP contribution in [-0.2, 0) is 9.59 Å². The highest BCUT2D eigenvalue weighted by Crippen LogP contribution is 2.36. The van der Waals surface area contributed by atoms with Gasteiger partial charge in [-0.3, -0.25) is 9.59 Å². The first kappa shape index (κ1) is 18.1. The fraction of sp³-hybridized carbons (Fsp3) is 0.0909. The van der Waals surface area contributed by atoms with Crippen LogP contribution in [0.3, 0.4) is 0 Å². The Morgan fingerprint density at radius 3 is 2.46 bits per heavy atom. The molecule has 2 N–H and O–H groups in total. The second-order valence-corrected chi connectivity index (χ2v) is 6.82. The molecule has 0 radical (unpaired) electrons. The Hall–Kier alpha value is -3.31. The first-order chi connectivity index (χ1) is 13.6. The van der Waals surface area contributed by atoms with Crippen molar-refractivity contribution < 1.29 is 14.3 Å². The van der Waals surface area contributed by atoms with Gasteiger partial charge in [0.2, 0.25) is 11.8 Å². The lowest BCUT2D eigenvalue weighted by molar-refractivity contribution is -0.123. The number of hydrogen-bond donors (Lipinski definition) is 2. The normalized spacial score (nSPS) is 15.3. The summed E-state index contributed by atoms with van der Waals surface area (Å²) in [6, 6.07) is 21.6. The van der Waals surface area contributed by atoms with Crippen molar-refractivity contribution in [2.45, 2.75) is 12.3 Å². The van der Waals surface area contributed by atoms with Gasteiger partial charge in [0.05, 0.1) is 16.6 Å². The van der Waals surface area contributed by atoms with Crippen LogP contribution in [0.4, 0.5) is 11.4 Å². The van der Waals surface area contributed by atoms with E-state index in [2.05, 4.69) is 10.6 Å². The molecule has 4 rings (SSSR count). The van der Waals surface area contributed by atoms with Gasteiger partial charge in [0.15, 0.2) is 5.75 Å². The van der Waals surface area contributed by atoms with Gasteiger partial charge < -0.3 is 15.4 Å². The second kappa shape index (κ2) is 7.74. The first-order valence-electron chi connectivity index (χ1n) is 8.83. The van der Waals surface area contributed by atoms with Crippen molar-refractivity contribution in [2.24, 2.45) is 0 Å². The molecule has 3 aromatic rings. The van der Waals surface area contributed by atoms with Crippen LogP contribution in [0.25, 0.3) is 0 Å². The molecule has 0 bridgehead atoms. The summed E-state index contributed by atoms with van der Waals surface area (Å²) < 4.78 is 5.89. The molecule has 28 heavy (non-hydrogen) atoms. The molecule has 0 saturated heterocycles. The van der Waals surface area contributed by atoms with Gasteiger partial charge in [-0.15, -0.1) is 0 Å². The Balaban J connectivity index is 1.59. The van der Waals surface area contributed by atoms with Crippen LogP contribution < -0.4 is 15.4 Å². The Kier molecular flexibility index (Phi) is 5.00. The summed E-state index contributed by atoms with van der Waals surface area (Å²) in [5, 5.41) is 6.17. The van der Waals surface area contributed by atoms with Crippen LogP contribution in [-0.4, -0.2) is 11.8 Å². The van der Waals surface area contributed by atoms with Gasteiger partial charge in [-0.25, -0.2) is 0 Å². The highest BCUT2D eigenvalue weighted by atomic mass is 35.5. The maximum absolute atomic E-state index is 13.0. The number of carbonyl (C=O) groups excluding carboxylic acids is 2.